The standard InChI is InChI=1S/C14H19ClN2O2.ClH/c1-19-12(9-16)8-13(18)17-14(5-6-14)10-3-2-4-11(15)7-10;/h2-4,7,12H,5-6,8-9,16H2,1H3,(H,17,18);1H. The molecular formula is C14H20Cl2N2O2. The molecule has 2 rings (SSSR count). The van der Waals surface area contributed by atoms with E-state index in [0.717, 1.165) is 18.4 Å². The van der Waals surface area contributed by atoms with E-state index in [9.17, 15) is 4.79 Å². The van der Waals surface area contributed by atoms with E-state index >= 15 is 0 Å². The number of hydrogen-bond acceptors (Lipinski definition) is 3. The number of ether oxygens (including phenoxy) is 1. The quantitative estimate of drug-likeness (QED) is 0.845. The molecule has 1 aliphatic rings. The predicted molar refractivity (Wildman–Crippen MR) is 82.2 cm³/mol. The first-order valence-corrected chi connectivity index (χ1v) is 6.77. The van der Waals surface area contributed by atoms with Crippen LogP contribution in [0.1, 0.15) is 24.8 Å². The van der Waals surface area contributed by atoms with Gasteiger partial charge in [-0.1, -0.05) is 23.7 Å². The molecule has 0 saturated heterocycles. The molecule has 0 aliphatic heterocycles. The smallest absolute Gasteiger partial charge is 0.223 e. The van der Waals surface area contributed by atoms with Gasteiger partial charge in [-0.05, 0) is 30.5 Å². The van der Waals surface area contributed by atoms with Gasteiger partial charge in [-0.3, -0.25) is 4.79 Å². The van der Waals surface area contributed by atoms with Gasteiger partial charge in [-0.25, -0.2) is 0 Å². The van der Waals surface area contributed by atoms with Crippen molar-refractivity contribution in [1.82, 2.24) is 5.32 Å². The van der Waals surface area contributed by atoms with Crippen molar-refractivity contribution in [2.45, 2.75) is 30.9 Å². The normalized spacial score (nSPS) is 16.9. The number of benzene rings is 1. The van der Waals surface area contributed by atoms with Gasteiger partial charge < -0.3 is 15.8 Å². The van der Waals surface area contributed by atoms with Gasteiger partial charge in [-0.15, -0.1) is 12.4 Å². The predicted octanol–water partition coefficient (Wildman–Crippen LogP) is 2.23. The lowest BCUT2D eigenvalue weighted by Crippen LogP contribution is -2.38. The Labute approximate surface area is 130 Å². The second kappa shape index (κ2) is 7.27. The molecule has 112 valence electrons. The fourth-order valence-corrected chi connectivity index (χ4v) is 2.37. The van der Waals surface area contributed by atoms with E-state index in [-0.39, 0.29) is 36.4 Å². The van der Waals surface area contributed by atoms with Crippen LogP contribution in [0.4, 0.5) is 0 Å². The molecule has 1 fully saturated rings. The van der Waals surface area contributed by atoms with E-state index in [2.05, 4.69) is 5.32 Å². The third-order valence-electron chi connectivity index (χ3n) is 3.52. The van der Waals surface area contributed by atoms with Crippen LogP contribution < -0.4 is 11.1 Å². The number of nitrogens with two attached hydrogens (primary N) is 1. The first-order valence-electron chi connectivity index (χ1n) is 6.39. The van der Waals surface area contributed by atoms with Crippen LogP contribution in [0.5, 0.6) is 0 Å². The summed E-state index contributed by atoms with van der Waals surface area (Å²) >= 11 is 6.00. The molecular weight excluding hydrogens is 299 g/mol. The summed E-state index contributed by atoms with van der Waals surface area (Å²) in [7, 11) is 1.56. The molecule has 0 bridgehead atoms. The minimum Gasteiger partial charge on any atom is -0.380 e. The number of rotatable bonds is 6. The molecule has 0 aromatic heterocycles. The molecule has 1 unspecified atom stereocenters. The summed E-state index contributed by atoms with van der Waals surface area (Å²) in [4.78, 5) is 12.0. The van der Waals surface area contributed by atoms with E-state index in [1.807, 2.05) is 24.3 Å². The maximum atomic E-state index is 12.0. The first-order chi connectivity index (χ1) is 9.09. The van der Waals surface area contributed by atoms with Crippen molar-refractivity contribution in [2.75, 3.05) is 13.7 Å². The van der Waals surface area contributed by atoms with Gasteiger partial charge in [0.05, 0.1) is 18.1 Å². The second-order valence-electron chi connectivity index (χ2n) is 4.94. The molecule has 0 spiro atoms. The highest BCUT2D eigenvalue weighted by atomic mass is 35.5. The number of carbonyl (C=O) groups excluding carboxylic acids is 1. The Morgan fingerprint density at radius 2 is 2.25 bits per heavy atom. The Hall–Kier alpha value is -0.810. The molecule has 1 atom stereocenters. The largest absolute Gasteiger partial charge is 0.380 e. The Morgan fingerprint density at radius 3 is 2.75 bits per heavy atom. The monoisotopic (exact) mass is 318 g/mol. The third-order valence-corrected chi connectivity index (χ3v) is 3.75. The van der Waals surface area contributed by atoms with Gasteiger partial charge in [0.2, 0.25) is 5.91 Å². The molecule has 0 radical (unpaired) electrons. The number of nitrogens with one attached hydrogen (secondary N) is 1. The van der Waals surface area contributed by atoms with E-state index in [1.54, 1.807) is 7.11 Å². The molecule has 1 saturated carbocycles. The zero-order valence-corrected chi connectivity index (χ0v) is 13.0. The van der Waals surface area contributed by atoms with Gasteiger partial charge in [0.25, 0.3) is 0 Å². The highest BCUT2D eigenvalue weighted by molar-refractivity contribution is 6.30. The molecule has 1 aliphatic carbocycles. The van der Waals surface area contributed by atoms with Crippen LogP contribution in [-0.2, 0) is 15.1 Å². The van der Waals surface area contributed by atoms with Crippen LogP contribution in [0.15, 0.2) is 24.3 Å². The van der Waals surface area contributed by atoms with E-state index < -0.39 is 0 Å². The summed E-state index contributed by atoms with van der Waals surface area (Å²) in [6, 6.07) is 7.64. The van der Waals surface area contributed by atoms with Gasteiger partial charge in [0.15, 0.2) is 0 Å². The zero-order valence-electron chi connectivity index (χ0n) is 11.4. The molecule has 4 nitrogen and oxygen atoms in total. The van der Waals surface area contributed by atoms with Crippen LogP contribution in [0.3, 0.4) is 0 Å². The Morgan fingerprint density at radius 1 is 1.55 bits per heavy atom. The molecule has 3 N–H and O–H groups in total. The van der Waals surface area contributed by atoms with Crippen LogP contribution in [0.2, 0.25) is 5.02 Å². The van der Waals surface area contributed by atoms with E-state index in [1.165, 1.54) is 0 Å². The van der Waals surface area contributed by atoms with Crippen molar-refractivity contribution < 1.29 is 9.53 Å². The van der Waals surface area contributed by atoms with Gasteiger partial charge in [0.1, 0.15) is 0 Å². The second-order valence-corrected chi connectivity index (χ2v) is 5.37. The highest BCUT2D eigenvalue weighted by Gasteiger charge is 2.45. The van der Waals surface area contributed by atoms with E-state index in [0.29, 0.717) is 11.6 Å². The SMILES string of the molecule is COC(CN)CC(=O)NC1(c2cccc(Cl)c2)CC1.Cl. The van der Waals surface area contributed by atoms with Gasteiger partial charge >= 0.3 is 0 Å². The lowest BCUT2D eigenvalue weighted by Gasteiger charge is -2.20. The minimum absolute atomic E-state index is 0. The van der Waals surface area contributed by atoms with Gasteiger partial charge in [-0.2, -0.15) is 0 Å². The molecule has 1 aromatic rings. The Balaban J connectivity index is 0.00000200. The fraction of sp³-hybridized carbons (Fsp3) is 0.500. The summed E-state index contributed by atoms with van der Waals surface area (Å²) in [5.74, 6) is -0.0326. The molecule has 0 heterocycles. The Kier molecular flexibility index (Phi) is 6.27. The summed E-state index contributed by atoms with van der Waals surface area (Å²) in [5, 5.41) is 3.77. The lowest BCUT2D eigenvalue weighted by molar-refractivity contribution is -0.124. The third kappa shape index (κ3) is 4.09. The van der Waals surface area contributed by atoms with Crippen molar-refractivity contribution in [1.29, 1.82) is 0 Å². The number of methoxy groups -OCH3 is 1. The summed E-state index contributed by atoms with van der Waals surface area (Å²) in [6.45, 7) is 0.341. The average molecular weight is 319 g/mol. The zero-order chi connectivity index (χ0) is 13.9. The van der Waals surface area contributed by atoms with E-state index in [4.69, 9.17) is 22.1 Å². The van der Waals surface area contributed by atoms with Crippen LogP contribution >= 0.6 is 24.0 Å². The highest BCUT2D eigenvalue weighted by Crippen LogP contribution is 2.46. The summed E-state index contributed by atoms with van der Waals surface area (Å²) in [6.07, 6.45) is 1.95. The number of halogens is 2. The fourth-order valence-electron chi connectivity index (χ4n) is 2.18. The maximum Gasteiger partial charge on any atom is 0.223 e. The lowest BCUT2D eigenvalue weighted by atomic mass is 10.0. The summed E-state index contributed by atoms with van der Waals surface area (Å²) in [5.41, 5.74) is 6.34. The van der Waals surface area contributed by atoms with Crippen molar-refractivity contribution >= 4 is 29.9 Å². The van der Waals surface area contributed by atoms with Crippen LogP contribution in [0.25, 0.3) is 0 Å². The summed E-state index contributed by atoms with van der Waals surface area (Å²) < 4.78 is 5.12. The molecule has 20 heavy (non-hydrogen) atoms. The molecule has 6 heteroatoms. The van der Waals surface area contributed by atoms with Gasteiger partial charge in [0, 0.05) is 18.7 Å². The number of amides is 1. The topological polar surface area (TPSA) is 64.3 Å². The number of carbonyl (C=O) groups is 1. The van der Waals surface area contributed by atoms with Crippen LogP contribution in [-0.4, -0.2) is 25.7 Å². The average Bonchev–Trinajstić information content (AvgIpc) is 3.17. The maximum absolute atomic E-state index is 12.0. The molecule has 1 aromatic carbocycles. The Bertz CT molecular complexity index is 460. The first kappa shape index (κ1) is 17.2. The number of hydrogen-bond donors (Lipinski definition) is 2. The van der Waals surface area contributed by atoms with Crippen molar-refractivity contribution in [2.24, 2.45) is 5.73 Å². The minimum atomic E-state index is -0.241. The van der Waals surface area contributed by atoms with Crippen molar-refractivity contribution in [3.63, 3.8) is 0 Å². The molecule has 1 amide bonds. The van der Waals surface area contributed by atoms with Crippen molar-refractivity contribution in [3.05, 3.63) is 34.9 Å². The van der Waals surface area contributed by atoms with Crippen molar-refractivity contribution in [3.8, 4) is 0 Å². The van der Waals surface area contributed by atoms with Crippen LogP contribution in [0, 0.1) is 0 Å².